The predicted molar refractivity (Wildman–Crippen MR) is 71.6 cm³/mol. The first-order chi connectivity index (χ1) is 8.89. The van der Waals surface area contributed by atoms with Gasteiger partial charge in [-0.05, 0) is 19.3 Å². The monoisotopic (exact) mass is 291 g/mol. The molecule has 1 rings (SSSR count). The van der Waals surface area contributed by atoms with Crippen LogP contribution in [0.5, 0.6) is 0 Å². The first kappa shape index (κ1) is 15.7. The van der Waals surface area contributed by atoms with Crippen LogP contribution < -0.4 is 11.1 Å². The van der Waals surface area contributed by atoms with E-state index in [1.807, 2.05) is 6.92 Å². The van der Waals surface area contributed by atoms with E-state index < -0.39 is 15.8 Å². The molecule has 0 spiro atoms. The van der Waals surface area contributed by atoms with Crippen LogP contribution in [-0.4, -0.2) is 42.9 Å². The van der Waals surface area contributed by atoms with E-state index in [2.05, 4.69) is 10.5 Å². The van der Waals surface area contributed by atoms with Gasteiger partial charge >= 0.3 is 0 Å². The summed E-state index contributed by atoms with van der Waals surface area (Å²) in [6.07, 6.45) is 2.06. The van der Waals surface area contributed by atoms with Crippen molar-refractivity contribution >= 4 is 21.6 Å². The number of hydrogen-bond acceptors (Lipinski definition) is 5. The highest BCUT2D eigenvalue weighted by Crippen LogP contribution is 2.14. The quantitative estimate of drug-likeness (QED) is 0.281. The molecule has 0 radical (unpaired) electrons. The molecule has 0 aromatic rings. The first-order valence-corrected chi connectivity index (χ1v) is 8.20. The minimum absolute atomic E-state index is 0.0972. The van der Waals surface area contributed by atoms with Gasteiger partial charge in [0.05, 0.1) is 17.4 Å². The van der Waals surface area contributed by atoms with Crippen molar-refractivity contribution in [3.63, 3.8) is 0 Å². The Hall–Kier alpha value is -1.31. The van der Waals surface area contributed by atoms with Crippen molar-refractivity contribution in [2.75, 3.05) is 11.5 Å². The summed E-state index contributed by atoms with van der Waals surface area (Å²) < 4.78 is 22.6. The maximum atomic E-state index is 12.0. The molecule has 0 saturated carbocycles. The summed E-state index contributed by atoms with van der Waals surface area (Å²) in [6, 6.07) is -0.151. The van der Waals surface area contributed by atoms with Gasteiger partial charge in [0.15, 0.2) is 5.84 Å². The Labute approximate surface area is 113 Å². The smallest absolute Gasteiger partial charge is 0.231 e. The first-order valence-electron chi connectivity index (χ1n) is 6.37. The van der Waals surface area contributed by atoms with E-state index in [0.29, 0.717) is 19.3 Å². The number of amidine groups is 1. The number of carbonyl (C=O) groups excluding carboxylic acids is 1. The van der Waals surface area contributed by atoms with Gasteiger partial charge in [0.2, 0.25) is 5.91 Å². The fourth-order valence-electron chi connectivity index (χ4n) is 2.11. The van der Waals surface area contributed by atoms with E-state index in [1.54, 1.807) is 0 Å². The number of carbonyl (C=O) groups is 1. The summed E-state index contributed by atoms with van der Waals surface area (Å²) in [5.41, 5.74) is 5.50. The number of sulfone groups is 1. The molecule has 1 aliphatic heterocycles. The molecule has 4 N–H and O–H groups in total. The topological polar surface area (TPSA) is 122 Å². The zero-order valence-electron chi connectivity index (χ0n) is 11.0. The van der Waals surface area contributed by atoms with Crippen LogP contribution in [0.15, 0.2) is 5.16 Å². The van der Waals surface area contributed by atoms with Crippen LogP contribution in [-0.2, 0) is 14.6 Å². The molecule has 7 nitrogen and oxygen atoms in total. The minimum Gasteiger partial charge on any atom is -0.409 e. The van der Waals surface area contributed by atoms with Gasteiger partial charge in [0, 0.05) is 6.04 Å². The summed E-state index contributed by atoms with van der Waals surface area (Å²) in [7, 11) is -2.94. The van der Waals surface area contributed by atoms with Crippen LogP contribution in [0, 0.1) is 5.92 Å². The molecule has 1 amide bonds. The second kappa shape index (κ2) is 6.74. The van der Waals surface area contributed by atoms with Gasteiger partial charge in [-0.15, -0.1) is 0 Å². The lowest BCUT2D eigenvalue weighted by atomic mass is 10.0. The fourth-order valence-corrected chi connectivity index (χ4v) is 3.60. The van der Waals surface area contributed by atoms with Crippen LogP contribution in [0.25, 0.3) is 0 Å². The number of rotatable bonds is 5. The summed E-state index contributed by atoms with van der Waals surface area (Å²) in [5.74, 6) is -0.877. The zero-order chi connectivity index (χ0) is 14.5. The van der Waals surface area contributed by atoms with Crippen LogP contribution in [0.1, 0.15) is 32.6 Å². The van der Waals surface area contributed by atoms with Gasteiger partial charge in [0.25, 0.3) is 0 Å². The highest BCUT2D eigenvalue weighted by molar-refractivity contribution is 7.91. The summed E-state index contributed by atoms with van der Waals surface area (Å²) in [4.78, 5) is 12.0. The summed E-state index contributed by atoms with van der Waals surface area (Å²) >= 11 is 0. The van der Waals surface area contributed by atoms with Gasteiger partial charge in [-0.2, -0.15) is 0 Å². The molecule has 1 heterocycles. The summed E-state index contributed by atoms with van der Waals surface area (Å²) in [5, 5.41) is 14.3. The molecular formula is C11H21N3O4S. The van der Waals surface area contributed by atoms with E-state index >= 15 is 0 Å². The highest BCUT2D eigenvalue weighted by Gasteiger charge is 2.28. The molecule has 1 saturated heterocycles. The fraction of sp³-hybridized carbons (Fsp3) is 0.818. The van der Waals surface area contributed by atoms with E-state index in [4.69, 9.17) is 10.9 Å². The predicted octanol–water partition coefficient (Wildman–Crippen LogP) is -0.157. The van der Waals surface area contributed by atoms with E-state index in [0.717, 1.165) is 6.42 Å². The maximum absolute atomic E-state index is 12.0. The average molecular weight is 291 g/mol. The normalized spacial score (nSPS) is 21.8. The third-order valence-electron chi connectivity index (χ3n) is 3.27. The van der Waals surface area contributed by atoms with Gasteiger partial charge in [-0.25, -0.2) is 8.42 Å². The summed E-state index contributed by atoms with van der Waals surface area (Å²) in [6.45, 7) is 1.90. The molecule has 8 heteroatoms. The van der Waals surface area contributed by atoms with Gasteiger partial charge in [-0.3, -0.25) is 4.79 Å². The lowest BCUT2D eigenvalue weighted by Crippen LogP contribution is -2.46. The van der Waals surface area contributed by atoms with Crippen molar-refractivity contribution in [1.82, 2.24) is 5.32 Å². The number of nitrogens with one attached hydrogen (secondary N) is 1. The van der Waals surface area contributed by atoms with Crippen molar-refractivity contribution in [2.24, 2.45) is 16.8 Å². The molecule has 1 aliphatic rings. The molecule has 0 aromatic heterocycles. The van der Waals surface area contributed by atoms with Crippen molar-refractivity contribution < 1.29 is 18.4 Å². The molecular weight excluding hydrogens is 270 g/mol. The number of nitrogens with zero attached hydrogens (tertiary/aromatic N) is 1. The van der Waals surface area contributed by atoms with Gasteiger partial charge in [0.1, 0.15) is 9.84 Å². The van der Waals surface area contributed by atoms with E-state index in [-0.39, 0.29) is 29.3 Å². The standard InChI is InChI=1S/C11H21N3O4S/c1-2-3-9(10(12)14-16)11(15)13-8-4-6-19(17,18)7-5-8/h8-9,16H,2-7H2,1H3,(H2,12,14)(H,13,15). The molecule has 1 fully saturated rings. The molecule has 110 valence electrons. The Morgan fingerprint density at radius 3 is 2.53 bits per heavy atom. The molecule has 1 unspecified atom stereocenters. The molecule has 19 heavy (non-hydrogen) atoms. The van der Waals surface area contributed by atoms with E-state index in [1.165, 1.54) is 0 Å². The number of oxime groups is 1. The van der Waals surface area contributed by atoms with Crippen LogP contribution in [0.3, 0.4) is 0 Å². The minimum atomic E-state index is -2.94. The molecule has 0 aromatic carbocycles. The van der Waals surface area contributed by atoms with Crippen molar-refractivity contribution in [1.29, 1.82) is 0 Å². The van der Waals surface area contributed by atoms with Crippen molar-refractivity contribution in [3.8, 4) is 0 Å². The number of hydrogen-bond donors (Lipinski definition) is 3. The molecule has 0 bridgehead atoms. The van der Waals surface area contributed by atoms with Crippen molar-refractivity contribution in [2.45, 2.75) is 38.6 Å². The lowest BCUT2D eigenvalue weighted by Gasteiger charge is -2.25. The molecule has 1 atom stereocenters. The number of nitrogens with two attached hydrogens (primary N) is 1. The largest absolute Gasteiger partial charge is 0.409 e. The Kier molecular flexibility index (Phi) is 5.59. The molecule has 0 aliphatic carbocycles. The van der Waals surface area contributed by atoms with Crippen LogP contribution >= 0.6 is 0 Å². The Morgan fingerprint density at radius 2 is 2.05 bits per heavy atom. The third-order valence-corrected chi connectivity index (χ3v) is 4.98. The maximum Gasteiger partial charge on any atom is 0.231 e. The average Bonchev–Trinajstić information content (AvgIpc) is 2.37. The van der Waals surface area contributed by atoms with Crippen LogP contribution in [0.2, 0.25) is 0 Å². The van der Waals surface area contributed by atoms with Gasteiger partial charge < -0.3 is 16.3 Å². The third kappa shape index (κ3) is 4.70. The highest BCUT2D eigenvalue weighted by atomic mass is 32.2. The van der Waals surface area contributed by atoms with Crippen molar-refractivity contribution in [3.05, 3.63) is 0 Å². The van der Waals surface area contributed by atoms with Crippen LogP contribution in [0.4, 0.5) is 0 Å². The zero-order valence-corrected chi connectivity index (χ0v) is 11.8. The Balaban J connectivity index is 2.58. The van der Waals surface area contributed by atoms with Gasteiger partial charge in [-0.1, -0.05) is 18.5 Å². The van der Waals surface area contributed by atoms with E-state index in [9.17, 15) is 13.2 Å². The second-order valence-corrected chi connectivity index (χ2v) is 7.10. The second-order valence-electron chi connectivity index (χ2n) is 4.80. The Bertz CT molecular complexity index is 433. The Morgan fingerprint density at radius 1 is 1.47 bits per heavy atom. The number of amides is 1. The SMILES string of the molecule is CCCC(C(=O)NC1CCS(=O)(=O)CC1)C(N)=NO. The lowest BCUT2D eigenvalue weighted by molar-refractivity contribution is -0.124.